The third-order valence-corrected chi connectivity index (χ3v) is 6.68. The largest absolute Gasteiger partial charge is 0.384 e. The standard InChI is InChI=1S/C26H32N2O3/c1-31-18-13-24(29)28-17-14-26(20-28,25(30)27-15-5-6-16-27)19-21-9-11-23(12-10-21)22-7-3-2-4-8-22/h2-4,7-12H,5-6,13-20H2,1H3/t26-/m0/s1. The molecule has 2 aromatic rings. The molecule has 2 saturated heterocycles. The van der Waals surface area contributed by atoms with Gasteiger partial charge in [0.15, 0.2) is 0 Å². The van der Waals surface area contributed by atoms with Crippen molar-refractivity contribution in [1.82, 2.24) is 9.80 Å². The van der Waals surface area contributed by atoms with E-state index in [0.717, 1.165) is 37.9 Å². The summed E-state index contributed by atoms with van der Waals surface area (Å²) in [5.41, 5.74) is 2.99. The minimum atomic E-state index is -0.526. The summed E-state index contributed by atoms with van der Waals surface area (Å²) in [4.78, 5) is 30.1. The summed E-state index contributed by atoms with van der Waals surface area (Å²) in [5.74, 6) is 0.302. The lowest BCUT2D eigenvalue weighted by atomic mass is 9.79. The van der Waals surface area contributed by atoms with Crippen molar-refractivity contribution >= 4 is 11.8 Å². The molecule has 0 N–H and O–H groups in total. The Morgan fingerprint density at radius 2 is 1.58 bits per heavy atom. The van der Waals surface area contributed by atoms with E-state index in [1.807, 2.05) is 28.0 Å². The van der Waals surface area contributed by atoms with Crippen LogP contribution in [-0.4, -0.2) is 61.5 Å². The second-order valence-corrected chi connectivity index (χ2v) is 8.83. The van der Waals surface area contributed by atoms with E-state index < -0.39 is 5.41 Å². The van der Waals surface area contributed by atoms with E-state index in [1.165, 1.54) is 11.1 Å². The van der Waals surface area contributed by atoms with Crippen LogP contribution in [0.2, 0.25) is 0 Å². The monoisotopic (exact) mass is 420 g/mol. The van der Waals surface area contributed by atoms with Gasteiger partial charge in [0.25, 0.3) is 0 Å². The molecule has 0 aromatic heterocycles. The number of carbonyl (C=O) groups excluding carboxylic acids is 2. The number of hydrogen-bond donors (Lipinski definition) is 0. The lowest BCUT2D eigenvalue weighted by Gasteiger charge is -2.32. The van der Waals surface area contributed by atoms with Gasteiger partial charge in [-0.05, 0) is 42.4 Å². The van der Waals surface area contributed by atoms with Crippen molar-refractivity contribution in [3.8, 4) is 11.1 Å². The first-order valence-electron chi connectivity index (χ1n) is 11.3. The molecule has 31 heavy (non-hydrogen) atoms. The van der Waals surface area contributed by atoms with Crippen LogP contribution < -0.4 is 0 Å². The smallest absolute Gasteiger partial charge is 0.230 e. The van der Waals surface area contributed by atoms with E-state index in [9.17, 15) is 9.59 Å². The first-order chi connectivity index (χ1) is 15.1. The number of rotatable bonds is 7. The molecular weight excluding hydrogens is 388 g/mol. The third-order valence-electron chi connectivity index (χ3n) is 6.68. The number of ether oxygens (including phenoxy) is 1. The minimum absolute atomic E-state index is 0.0809. The van der Waals surface area contributed by atoms with Gasteiger partial charge in [-0.1, -0.05) is 54.6 Å². The van der Waals surface area contributed by atoms with E-state index >= 15 is 0 Å². The van der Waals surface area contributed by atoms with Gasteiger partial charge in [0.1, 0.15) is 0 Å². The molecule has 5 nitrogen and oxygen atoms in total. The summed E-state index contributed by atoms with van der Waals surface area (Å²) in [6, 6.07) is 18.9. The zero-order valence-corrected chi connectivity index (χ0v) is 18.4. The Hall–Kier alpha value is -2.66. The number of amides is 2. The number of methoxy groups -OCH3 is 1. The fourth-order valence-corrected chi connectivity index (χ4v) is 4.92. The molecule has 0 saturated carbocycles. The van der Waals surface area contributed by atoms with E-state index in [1.54, 1.807) is 7.11 Å². The third kappa shape index (κ3) is 4.82. The Morgan fingerprint density at radius 3 is 2.26 bits per heavy atom. The summed E-state index contributed by atoms with van der Waals surface area (Å²) in [5, 5.41) is 0. The SMILES string of the molecule is COCCC(=O)N1CC[C@@](Cc2ccc(-c3ccccc3)cc2)(C(=O)N2CCCC2)C1. The van der Waals surface area contributed by atoms with Gasteiger partial charge in [0.2, 0.25) is 11.8 Å². The molecule has 0 unspecified atom stereocenters. The molecule has 2 fully saturated rings. The van der Waals surface area contributed by atoms with E-state index in [0.29, 0.717) is 32.5 Å². The molecule has 4 rings (SSSR count). The molecule has 0 radical (unpaired) electrons. The highest BCUT2D eigenvalue weighted by molar-refractivity contribution is 5.86. The van der Waals surface area contributed by atoms with Crippen LogP contribution in [0, 0.1) is 5.41 Å². The summed E-state index contributed by atoms with van der Waals surface area (Å²) >= 11 is 0. The van der Waals surface area contributed by atoms with Crippen molar-refractivity contribution < 1.29 is 14.3 Å². The van der Waals surface area contributed by atoms with Crippen LogP contribution in [0.4, 0.5) is 0 Å². The molecule has 2 aromatic carbocycles. The van der Waals surface area contributed by atoms with Crippen LogP contribution in [0.1, 0.15) is 31.2 Å². The fourth-order valence-electron chi connectivity index (χ4n) is 4.92. The normalized spacial score (nSPS) is 20.9. The predicted molar refractivity (Wildman–Crippen MR) is 122 cm³/mol. The average Bonchev–Trinajstić information content (AvgIpc) is 3.49. The second kappa shape index (κ2) is 9.65. The van der Waals surface area contributed by atoms with Crippen molar-refractivity contribution in [1.29, 1.82) is 0 Å². The van der Waals surface area contributed by atoms with Crippen molar-refractivity contribution in [2.24, 2.45) is 5.41 Å². The number of hydrogen-bond acceptors (Lipinski definition) is 3. The van der Waals surface area contributed by atoms with Gasteiger partial charge in [0, 0.05) is 33.3 Å². The number of nitrogens with zero attached hydrogens (tertiary/aromatic N) is 2. The maximum Gasteiger partial charge on any atom is 0.230 e. The Bertz CT molecular complexity index is 891. The van der Waals surface area contributed by atoms with Crippen molar-refractivity contribution in [3.63, 3.8) is 0 Å². The summed E-state index contributed by atoms with van der Waals surface area (Å²) in [7, 11) is 1.61. The number of likely N-dealkylation sites (tertiary alicyclic amines) is 2. The molecule has 5 heteroatoms. The van der Waals surface area contributed by atoms with Gasteiger partial charge in [-0.2, -0.15) is 0 Å². The van der Waals surface area contributed by atoms with Gasteiger partial charge in [0.05, 0.1) is 18.4 Å². The van der Waals surface area contributed by atoms with E-state index in [-0.39, 0.29) is 11.8 Å². The van der Waals surface area contributed by atoms with Crippen LogP contribution in [-0.2, 0) is 20.7 Å². The lowest BCUT2D eigenvalue weighted by molar-refractivity contribution is -0.141. The highest BCUT2D eigenvalue weighted by Crippen LogP contribution is 2.38. The Labute approximate surface area is 185 Å². The summed E-state index contributed by atoms with van der Waals surface area (Å²) in [6.45, 7) is 3.25. The highest BCUT2D eigenvalue weighted by Gasteiger charge is 2.47. The van der Waals surface area contributed by atoms with Gasteiger partial charge in [-0.15, -0.1) is 0 Å². The Morgan fingerprint density at radius 1 is 0.903 bits per heavy atom. The summed E-state index contributed by atoms with van der Waals surface area (Å²) in [6.07, 6.45) is 3.91. The highest BCUT2D eigenvalue weighted by atomic mass is 16.5. The number of carbonyl (C=O) groups is 2. The lowest BCUT2D eigenvalue weighted by Crippen LogP contribution is -2.46. The van der Waals surface area contributed by atoms with Gasteiger partial charge in [-0.3, -0.25) is 9.59 Å². The van der Waals surface area contributed by atoms with Crippen molar-refractivity contribution in [3.05, 3.63) is 60.2 Å². The zero-order chi connectivity index (χ0) is 21.7. The first-order valence-corrected chi connectivity index (χ1v) is 11.3. The molecule has 0 bridgehead atoms. The molecule has 1 atom stereocenters. The Kier molecular flexibility index (Phi) is 6.71. The molecule has 0 aliphatic carbocycles. The Balaban J connectivity index is 1.54. The topological polar surface area (TPSA) is 49.9 Å². The average molecular weight is 421 g/mol. The quantitative estimate of drug-likeness (QED) is 0.685. The molecule has 164 valence electrons. The second-order valence-electron chi connectivity index (χ2n) is 8.83. The molecule has 2 aliphatic rings. The van der Waals surface area contributed by atoms with E-state index in [4.69, 9.17) is 4.74 Å². The van der Waals surface area contributed by atoms with Crippen molar-refractivity contribution in [2.75, 3.05) is 39.9 Å². The molecule has 2 amide bonds. The molecule has 0 spiro atoms. The predicted octanol–water partition coefficient (Wildman–Crippen LogP) is 3.77. The molecule has 2 heterocycles. The van der Waals surface area contributed by atoms with Crippen molar-refractivity contribution in [2.45, 2.75) is 32.1 Å². The minimum Gasteiger partial charge on any atom is -0.384 e. The maximum absolute atomic E-state index is 13.6. The van der Waals surface area contributed by atoms with Crippen LogP contribution in [0.3, 0.4) is 0 Å². The van der Waals surface area contributed by atoms with Crippen LogP contribution in [0.25, 0.3) is 11.1 Å². The van der Waals surface area contributed by atoms with Gasteiger partial charge in [-0.25, -0.2) is 0 Å². The molecular formula is C26H32N2O3. The van der Waals surface area contributed by atoms with E-state index in [2.05, 4.69) is 36.4 Å². The number of benzene rings is 2. The zero-order valence-electron chi connectivity index (χ0n) is 18.4. The van der Waals surface area contributed by atoms with Gasteiger partial charge >= 0.3 is 0 Å². The van der Waals surface area contributed by atoms with Crippen LogP contribution >= 0.6 is 0 Å². The molecule has 2 aliphatic heterocycles. The first kappa shape index (κ1) is 21.6. The van der Waals surface area contributed by atoms with Crippen LogP contribution in [0.5, 0.6) is 0 Å². The summed E-state index contributed by atoms with van der Waals surface area (Å²) < 4.78 is 5.07. The maximum atomic E-state index is 13.6. The van der Waals surface area contributed by atoms with Crippen LogP contribution in [0.15, 0.2) is 54.6 Å². The van der Waals surface area contributed by atoms with Gasteiger partial charge < -0.3 is 14.5 Å². The fraction of sp³-hybridized carbons (Fsp3) is 0.462.